The molecule has 0 saturated carbocycles. The number of hydrogen-bond donors (Lipinski definition) is 1. The minimum Gasteiger partial charge on any atom is -0.491 e. The Kier molecular flexibility index (Phi) is 5.79. The SMILES string of the molecule is CCOC(=O)C(C)(N)COc1cccc(COC)c1. The maximum Gasteiger partial charge on any atom is 0.329 e. The second kappa shape index (κ2) is 7.11. The van der Waals surface area contributed by atoms with Crippen molar-refractivity contribution in [3.8, 4) is 5.75 Å². The van der Waals surface area contributed by atoms with Gasteiger partial charge in [-0.2, -0.15) is 0 Å². The molecule has 1 rings (SSSR count). The molecule has 5 nitrogen and oxygen atoms in total. The lowest BCUT2D eigenvalue weighted by Gasteiger charge is -2.22. The van der Waals surface area contributed by atoms with Gasteiger partial charge in [0.2, 0.25) is 0 Å². The topological polar surface area (TPSA) is 70.8 Å². The fourth-order valence-corrected chi connectivity index (χ4v) is 1.48. The van der Waals surface area contributed by atoms with Gasteiger partial charge in [0, 0.05) is 7.11 Å². The van der Waals surface area contributed by atoms with Gasteiger partial charge in [0.1, 0.15) is 17.9 Å². The van der Waals surface area contributed by atoms with E-state index >= 15 is 0 Å². The lowest BCUT2D eigenvalue weighted by Crippen LogP contribution is -2.51. The number of rotatable bonds is 7. The van der Waals surface area contributed by atoms with E-state index in [9.17, 15) is 4.79 Å². The number of ether oxygens (including phenoxy) is 3. The lowest BCUT2D eigenvalue weighted by molar-refractivity contribution is -0.150. The maximum atomic E-state index is 11.6. The molecule has 1 atom stereocenters. The van der Waals surface area contributed by atoms with Gasteiger partial charge in [0.25, 0.3) is 0 Å². The van der Waals surface area contributed by atoms with Gasteiger partial charge in [-0.15, -0.1) is 0 Å². The zero-order chi connectivity index (χ0) is 14.3. The van der Waals surface area contributed by atoms with Crippen molar-refractivity contribution in [1.29, 1.82) is 0 Å². The highest BCUT2D eigenvalue weighted by atomic mass is 16.5. The number of methoxy groups -OCH3 is 1. The molecule has 1 unspecified atom stereocenters. The van der Waals surface area contributed by atoms with Gasteiger partial charge < -0.3 is 19.9 Å². The zero-order valence-corrected chi connectivity index (χ0v) is 11.6. The predicted molar refractivity (Wildman–Crippen MR) is 71.9 cm³/mol. The summed E-state index contributed by atoms with van der Waals surface area (Å²) in [6.45, 7) is 4.19. The highest BCUT2D eigenvalue weighted by molar-refractivity contribution is 5.80. The summed E-state index contributed by atoms with van der Waals surface area (Å²) >= 11 is 0. The maximum absolute atomic E-state index is 11.6. The Balaban J connectivity index is 2.60. The molecule has 5 heteroatoms. The molecule has 0 saturated heterocycles. The predicted octanol–water partition coefficient (Wildman–Crippen LogP) is 1.49. The standard InChI is InChI=1S/C14H21NO4/c1-4-18-13(16)14(2,15)10-19-12-7-5-6-11(8-12)9-17-3/h5-8H,4,9-10,15H2,1-3H3. The van der Waals surface area contributed by atoms with Crippen LogP contribution in [-0.2, 0) is 20.9 Å². The van der Waals surface area contributed by atoms with E-state index in [-0.39, 0.29) is 6.61 Å². The third-order valence-corrected chi connectivity index (χ3v) is 2.49. The van der Waals surface area contributed by atoms with Crippen LogP contribution in [0.1, 0.15) is 19.4 Å². The van der Waals surface area contributed by atoms with Crippen LogP contribution in [0.25, 0.3) is 0 Å². The first-order chi connectivity index (χ1) is 8.99. The van der Waals surface area contributed by atoms with Gasteiger partial charge in [-0.05, 0) is 31.5 Å². The van der Waals surface area contributed by atoms with E-state index in [2.05, 4.69) is 0 Å². The summed E-state index contributed by atoms with van der Waals surface area (Å²) in [4.78, 5) is 11.6. The number of carbonyl (C=O) groups excluding carboxylic acids is 1. The van der Waals surface area contributed by atoms with E-state index in [1.54, 1.807) is 27.0 Å². The quantitative estimate of drug-likeness (QED) is 0.758. The average Bonchev–Trinajstić information content (AvgIpc) is 2.38. The Morgan fingerprint density at radius 2 is 2.16 bits per heavy atom. The van der Waals surface area contributed by atoms with Crippen LogP contribution in [0, 0.1) is 0 Å². The molecule has 1 aromatic rings. The van der Waals surface area contributed by atoms with E-state index in [0.717, 1.165) is 5.56 Å². The molecule has 0 aliphatic rings. The molecule has 2 N–H and O–H groups in total. The van der Waals surface area contributed by atoms with Crippen LogP contribution < -0.4 is 10.5 Å². The summed E-state index contributed by atoms with van der Waals surface area (Å²) in [5.74, 6) is 0.179. The molecule has 0 aromatic heterocycles. The number of hydrogen-bond acceptors (Lipinski definition) is 5. The largest absolute Gasteiger partial charge is 0.491 e. The highest BCUT2D eigenvalue weighted by Gasteiger charge is 2.31. The average molecular weight is 267 g/mol. The molecule has 0 heterocycles. The van der Waals surface area contributed by atoms with Crippen LogP contribution in [0.3, 0.4) is 0 Å². The van der Waals surface area contributed by atoms with Crippen molar-refractivity contribution in [3.63, 3.8) is 0 Å². The van der Waals surface area contributed by atoms with Gasteiger partial charge in [-0.25, -0.2) is 4.79 Å². The summed E-state index contributed by atoms with van der Waals surface area (Å²) < 4.78 is 15.5. The minimum atomic E-state index is -1.16. The van der Waals surface area contributed by atoms with Crippen molar-refractivity contribution in [3.05, 3.63) is 29.8 Å². The second-order valence-electron chi connectivity index (χ2n) is 4.51. The van der Waals surface area contributed by atoms with E-state index in [0.29, 0.717) is 19.0 Å². The fourth-order valence-electron chi connectivity index (χ4n) is 1.48. The van der Waals surface area contributed by atoms with Crippen LogP contribution in [0.5, 0.6) is 5.75 Å². The molecule has 0 amide bonds. The number of nitrogens with two attached hydrogens (primary N) is 1. The molecule has 19 heavy (non-hydrogen) atoms. The monoisotopic (exact) mass is 267 g/mol. The minimum absolute atomic E-state index is 0.0578. The van der Waals surface area contributed by atoms with Crippen LogP contribution in [-0.4, -0.2) is 31.8 Å². The van der Waals surface area contributed by atoms with Crippen molar-refractivity contribution in [2.24, 2.45) is 5.73 Å². The van der Waals surface area contributed by atoms with Crippen molar-refractivity contribution in [1.82, 2.24) is 0 Å². The van der Waals surface area contributed by atoms with Crippen molar-refractivity contribution in [2.45, 2.75) is 26.0 Å². The third kappa shape index (κ3) is 4.89. The van der Waals surface area contributed by atoms with Crippen LogP contribution in [0.15, 0.2) is 24.3 Å². The molecule has 0 fully saturated rings. The second-order valence-corrected chi connectivity index (χ2v) is 4.51. The fraction of sp³-hybridized carbons (Fsp3) is 0.500. The van der Waals surface area contributed by atoms with Crippen LogP contribution in [0.4, 0.5) is 0 Å². The third-order valence-electron chi connectivity index (χ3n) is 2.49. The molecule has 0 radical (unpaired) electrons. The van der Waals surface area contributed by atoms with Crippen molar-refractivity contribution in [2.75, 3.05) is 20.3 Å². The summed E-state index contributed by atoms with van der Waals surface area (Å²) in [6, 6.07) is 7.45. The molecule has 106 valence electrons. The molecule has 0 aliphatic heterocycles. The Morgan fingerprint density at radius 1 is 1.42 bits per heavy atom. The Bertz CT molecular complexity index is 418. The van der Waals surface area contributed by atoms with Gasteiger partial charge in [0.15, 0.2) is 0 Å². The van der Waals surface area contributed by atoms with Crippen molar-refractivity contribution >= 4 is 5.97 Å². The zero-order valence-electron chi connectivity index (χ0n) is 11.6. The Hall–Kier alpha value is -1.59. The van der Waals surface area contributed by atoms with Crippen LogP contribution in [0.2, 0.25) is 0 Å². The van der Waals surface area contributed by atoms with E-state index < -0.39 is 11.5 Å². The number of carbonyl (C=O) groups is 1. The summed E-state index contributed by atoms with van der Waals surface area (Å²) in [7, 11) is 1.63. The summed E-state index contributed by atoms with van der Waals surface area (Å²) in [5, 5.41) is 0. The van der Waals surface area contributed by atoms with Gasteiger partial charge in [-0.1, -0.05) is 12.1 Å². The Morgan fingerprint density at radius 3 is 2.79 bits per heavy atom. The first kappa shape index (κ1) is 15.5. The van der Waals surface area contributed by atoms with Crippen LogP contribution >= 0.6 is 0 Å². The molecular formula is C14H21NO4. The van der Waals surface area contributed by atoms with E-state index in [4.69, 9.17) is 19.9 Å². The molecule has 0 spiro atoms. The molecule has 0 aliphatic carbocycles. The summed E-state index contributed by atoms with van der Waals surface area (Å²) in [6.07, 6.45) is 0. The van der Waals surface area contributed by atoms with E-state index in [1.165, 1.54) is 0 Å². The first-order valence-corrected chi connectivity index (χ1v) is 6.16. The molecular weight excluding hydrogens is 246 g/mol. The molecule has 1 aromatic carbocycles. The highest BCUT2D eigenvalue weighted by Crippen LogP contribution is 2.15. The van der Waals surface area contributed by atoms with Gasteiger partial charge in [0.05, 0.1) is 13.2 Å². The summed E-state index contributed by atoms with van der Waals surface area (Å²) in [5.41, 5.74) is 5.70. The van der Waals surface area contributed by atoms with Gasteiger partial charge >= 0.3 is 5.97 Å². The smallest absolute Gasteiger partial charge is 0.329 e. The normalized spacial score (nSPS) is 13.7. The van der Waals surface area contributed by atoms with E-state index in [1.807, 2.05) is 18.2 Å². The first-order valence-electron chi connectivity index (χ1n) is 6.16. The lowest BCUT2D eigenvalue weighted by atomic mass is 10.1. The number of benzene rings is 1. The number of esters is 1. The van der Waals surface area contributed by atoms with Crippen molar-refractivity contribution < 1.29 is 19.0 Å². The van der Waals surface area contributed by atoms with Gasteiger partial charge in [-0.3, -0.25) is 0 Å². The molecule has 0 bridgehead atoms. The Labute approximate surface area is 113 Å².